The molecule has 114 valence electrons. The van der Waals surface area contributed by atoms with Crippen molar-refractivity contribution in [2.24, 2.45) is 0 Å². The second-order valence-electron chi connectivity index (χ2n) is 4.73. The van der Waals surface area contributed by atoms with Gasteiger partial charge in [-0.2, -0.15) is 0 Å². The molecule has 3 rings (SSSR count). The predicted octanol–water partition coefficient (Wildman–Crippen LogP) is 2.23. The van der Waals surface area contributed by atoms with Gasteiger partial charge in [-0.1, -0.05) is 30.3 Å². The summed E-state index contributed by atoms with van der Waals surface area (Å²) in [5.41, 5.74) is 1.32. The van der Waals surface area contributed by atoms with Gasteiger partial charge >= 0.3 is 11.9 Å². The van der Waals surface area contributed by atoms with Crippen LogP contribution >= 0.6 is 11.3 Å². The molecule has 2 heterocycles. The highest BCUT2D eigenvalue weighted by atomic mass is 32.1. The molecule has 1 atom stereocenters. The van der Waals surface area contributed by atoms with Crippen LogP contribution in [0, 0.1) is 0 Å². The van der Waals surface area contributed by atoms with Crippen LogP contribution in [0.3, 0.4) is 0 Å². The molecule has 1 aromatic heterocycles. The minimum atomic E-state index is -0.810. The Hall–Kier alpha value is -2.41. The topological polar surface area (TPSA) is 77.5 Å². The van der Waals surface area contributed by atoms with E-state index in [0.29, 0.717) is 18.1 Å². The SMILES string of the molecule is O=C(O[C@@H]1CCOC1=O)c1csc(NCc2ccccc2)n1. The molecule has 0 unspecified atom stereocenters. The first-order valence-corrected chi connectivity index (χ1v) is 7.71. The summed E-state index contributed by atoms with van der Waals surface area (Å²) in [4.78, 5) is 27.4. The predicted molar refractivity (Wildman–Crippen MR) is 80.7 cm³/mol. The Morgan fingerprint density at radius 1 is 1.41 bits per heavy atom. The van der Waals surface area contributed by atoms with E-state index < -0.39 is 18.0 Å². The lowest BCUT2D eigenvalue weighted by atomic mass is 10.2. The summed E-state index contributed by atoms with van der Waals surface area (Å²) >= 11 is 1.32. The molecule has 0 saturated carbocycles. The Kier molecular flexibility index (Phi) is 4.34. The number of benzene rings is 1. The standard InChI is InChI=1S/C15H14N2O4S/c18-13(21-12-6-7-20-14(12)19)11-9-22-15(17-11)16-8-10-4-2-1-3-5-10/h1-5,9,12H,6-8H2,(H,16,17)/t12-/m1/s1. The zero-order valence-corrected chi connectivity index (χ0v) is 12.5. The third-order valence-electron chi connectivity index (χ3n) is 3.14. The van der Waals surface area contributed by atoms with Gasteiger partial charge in [-0.3, -0.25) is 0 Å². The van der Waals surface area contributed by atoms with Gasteiger partial charge in [0.2, 0.25) is 6.10 Å². The van der Waals surface area contributed by atoms with Crippen molar-refractivity contribution in [2.75, 3.05) is 11.9 Å². The van der Waals surface area contributed by atoms with Crippen molar-refractivity contribution in [1.29, 1.82) is 0 Å². The molecular weight excluding hydrogens is 304 g/mol. The van der Waals surface area contributed by atoms with Gasteiger partial charge in [0, 0.05) is 18.3 Å². The Bertz CT molecular complexity index is 671. The van der Waals surface area contributed by atoms with Crippen LogP contribution in [0.4, 0.5) is 5.13 Å². The zero-order valence-electron chi connectivity index (χ0n) is 11.7. The molecule has 1 saturated heterocycles. The normalized spacial score (nSPS) is 17.1. The molecule has 0 radical (unpaired) electrons. The fourth-order valence-electron chi connectivity index (χ4n) is 2.00. The van der Waals surface area contributed by atoms with Crippen LogP contribution in [0.1, 0.15) is 22.5 Å². The number of hydrogen-bond acceptors (Lipinski definition) is 7. The number of anilines is 1. The first-order chi connectivity index (χ1) is 10.7. The Balaban J connectivity index is 1.56. The first-order valence-electron chi connectivity index (χ1n) is 6.83. The fraction of sp³-hybridized carbons (Fsp3) is 0.267. The van der Waals surface area contributed by atoms with Crippen LogP contribution in [0.5, 0.6) is 0 Å². The van der Waals surface area contributed by atoms with Crippen LogP contribution in [0.2, 0.25) is 0 Å². The molecule has 1 aromatic carbocycles. The van der Waals surface area contributed by atoms with E-state index in [1.807, 2.05) is 30.3 Å². The molecule has 0 bridgehead atoms. The third-order valence-corrected chi connectivity index (χ3v) is 3.94. The number of nitrogens with one attached hydrogen (secondary N) is 1. The monoisotopic (exact) mass is 318 g/mol. The second kappa shape index (κ2) is 6.57. The molecule has 1 N–H and O–H groups in total. The molecule has 0 spiro atoms. The summed E-state index contributed by atoms with van der Waals surface area (Å²) in [7, 11) is 0. The van der Waals surface area contributed by atoms with Gasteiger partial charge in [0.15, 0.2) is 10.8 Å². The van der Waals surface area contributed by atoms with Gasteiger partial charge in [0.05, 0.1) is 6.61 Å². The Labute approximate surface area is 131 Å². The number of rotatable bonds is 5. The number of ether oxygens (including phenoxy) is 2. The van der Waals surface area contributed by atoms with Gasteiger partial charge in [-0.25, -0.2) is 14.6 Å². The summed E-state index contributed by atoms with van der Waals surface area (Å²) in [5.74, 6) is -1.10. The van der Waals surface area contributed by atoms with E-state index in [0.717, 1.165) is 5.56 Å². The average Bonchev–Trinajstić information content (AvgIpc) is 3.16. The van der Waals surface area contributed by atoms with Crippen molar-refractivity contribution in [1.82, 2.24) is 4.98 Å². The van der Waals surface area contributed by atoms with Crippen molar-refractivity contribution in [2.45, 2.75) is 19.1 Å². The second-order valence-corrected chi connectivity index (χ2v) is 5.59. The maximum absolute atomic E-state index is 11.9. The molecule has 7 heteroatoms. The van der Waals surface area contributed by atoms with Crippen LogP contribution in [0.15, 0.2) is 35.7 Å². The zero-order chi connectivity index (χ0) is 15.4. The number of esters is 2. The minimum absolute atomic E-state index is 0.195. The summed E-state index contributed by atoms with van der Waals surface area (Å²) in [6.45, 7) is 0.912. The molecular formula is C15H14N2O4S. The third kappa shape index (κ3) is 3.43. The molecule has 22 heavy (non-hydrogen) atoms. The number of nitrogens with zero attached hydrogens (tertiary/aromatic N) is 1. The van der Waals surface area contributed by atoms with Crippen LogP contribution in [-0.2, 0) is 20.8 Å². The van der Waals surface area contributed by atoms with Gasteiger partial charge in [-0.15, -0.1) is 11.3 Å². The van der Waals surface area contributed by atoms with Crippen molar-refractivity contribution in [3.8, 4) is 0 Å². The first kappa shape index (κ1) is 14.5. The molecule has 1 aliphatic rings. The van der Waals surface area contributed by atoms with Gasteiger partial charge in [0.1, 0.15) is 0 Å². The van der Waals surface area contributed by atoms with Crippen LogP contribution < -0.4 is 5.32 Å². The molecule has 1 fully saturated rings. The molecule has 1 aliphatic heterocycles. The quantitative estimate of drug-likeness (QED) is 0.852. The van der Waals surface area contributed by atoms with E-state index in [1.165, 1.54) is 11.3 Å². The fourth-order valence-corrected chi connectivity index (χ4v) is 2.67. The Morgan fingerprint density at radius 2 is 2.23 bits per heavy atom. The number of aromatic nitrogens is 1. The van der Waals surface area contributed by atoms with E-state index in [4.69, 9.17) is 9.47 Å². The molecule has 0 aliphatic carbocycles. The van der Waals surface area contributed by atoms with E-state index in [1.54, 1.807) is 5.38 Å². The number of hydrogen-bond donors (Lipinski definition) is 1. The number of carbonyl (C=O) groups excluding carboxylic acids is 2. The molecule has 6 nitrogen and oxygen atoms in total. The highest BCUT2D eigenvalue weighted by Crippen LogP contribution is 2.19. The molecule has 2 aromatic rings. The maximum Gasteiger partial charge on any atom is 0.358 e. The number of carbonyl (C=O) groups is 2. The van der Waals surface area contributed by atoms with Crippen molar-refractivity contribution < 1.29 is 19.1 Å². The van der Waals surface area contributed by atoms with E-state index in [9.17, 15) is 9.59 Å². The lowest BCUT2D eigenvalue weighted by Crippen LogP contribution is -2.22. The average molecular weight is 318 g/mol. The summed E-state index contributed by atoms with van der Waals surface area (Å²) in [6, 6.07) is 9.88. The van der Waals surface area contributed by atoms with Crippen molar-refractivity contribution in [3.63, 3.8) is 0 Å². The summed E-state index contributed by atoms with van der Waals surface area (Å²) in [6.07, 6.45) is -0.414. The van der Waals surface area contributed by atoms with Gasteiger partial charge in [-0.05, 0) is 5.56 Å². The van der Waals surface area contributed by atoms with E-state index in [-0.39, 0.29) is 12.3 Å². The Morgan fingerprint density at radius 3 is 2.95 bits per heavy atom. The summed E-state index contributed by atoms with van der Waals surface area (Å²) < 4.78 is 9.84. The number of thiazole rings is 1. The lowest BCUT2D eigenvalue weighted by molar-refractivity contribution is -0.145. The minimum Gasteiger partial charge on any atom is -0.463 e. The highest BCUT2D eigenvalue weighted by molar-refractivity contribution is 7.13. The highest BCUT2D eigenvalue weighted by Gasteiger charge is 2.31. The van der Waals surface area contributed by atoms with Gasteiger partial charge < -0.3 is 14.8 Å². The van der Waals surface area contributed by atoms with Crippen LogP contribution in [0.25, 0.3) is 0 Å². The lowest BCUT2D eigenvalue weighted by Gasteiger charge is -2.06. The van der Waals surface area contributed by atoms with E-state index in [2.05, 4.69) is 10.3 Å². The largest absolute Gasteiger partial charge is 0.463 e. The van der Waals surface area contributed by atoms with Crippen LogP contribution in [-0.4, -0.2) is 29.6 Å². The van der Waals surface area contributed by atoms with E-state index >= 15 is 0 Å². The van der Waals surface area contributed by atoms with Crippen molar-refractivity contribution >= 4 is 28.4 Å². The summed E-state index contributed by atoms with van der Waals surface area (Å²) in [5, 5.41) is 5.38. The smallest absolute Gasteiger partial charge is 0.358 e. The molecule has 0 amide bonds. The number of cyclic esters (lactones) is 1. The maximum atomic E-state index is 11.9. The van der Waals surface area contributed by atoms with Gasteiger partial charge in [0.25, 0.3) is 0 Å². The van der Waals surface area contributed by atoms with Crippen molar-refractivity contribution in [3.05, 3.63) is 47.0 Å².